The molecule has 106 valence electrons. The Kier molecular flexibility index (Phi) is 4.15. The van der Waals surface area contributed by atoms with Crippen LogP contribution in [-0.4, -0.2) is 40.7 Å². The summed E-state index contributed by atoms with van der Waals surface area (Å²) < 4.78 is 7.38. The van der Waals surface area contributed by atoms with Gasteiger partial charge in [0.25, 0.3) is 0 Å². The topological polar surface area (TPSA) is 59.3 Å². The molecular formula is C14H23N3O2. The van der Waals surface area contributed by atoms with Gasteiger partial charge in [0.1, 0.15) is 0 Å². The Balaban J connectivity index is 1.71. The van der Waals surface area contributed by atoms with E-state index in [4.69, 9.17) is 9.84 Å². The van der Waals surface area contributed by atoms with Crippen molar-refractivity contribution in [3.05, 3.63) is 17.5 Å². The second-order valence-corrected chi connectivity index (χ2v) is 5.49. The first kappa shape index (κ1) is 13.1. The molecule has 1 fully saturated rings. The molecule has 5 nitrogen and oxygen atoms in total. The molecule has 3 rings (SSSR count). The van der Waals surface area contributed by atoms with E-state index in [-0.39, 0.29) is 6.61 Å². The Hall–Kier alpha value is -0.910. The molecule has 1 atom stereocenters. The van der Waals surface area contributed by atoms with Crippen LogP contribution in [0.5, 0.6) is 0 Å². The van der Waals surface area contributed by atoms with E-state index in [1.165, 1.54) is 24.1 Å². The van der Waals surface area contributed by atoms with Gasteiger partial charge >= 0.3 is 0 Å². The van der Waals surface area contributed by atoms with Gasteiger partial charge in [-0.15, -0.1) is 0 Å². The van der Waals surface area contributed by atoms with Gasteiger partial charge in [0.15, 0.2) is 0 Å². The van der Waals surface area contributed by atoms with Crippen LogP contribution in [0.15, 0.2) is 6.20 Å². The maximum Gasteiger partial charge on any atom is 0.0644 e. The van der Waals surface area contributed by atoms with E-state index in [1.54, 1.807) is 0 Å². The minimum absolute atomic E-state index is 0.159. The van der Waals surface area contributed by atoms with Crippen molar-refractivity contribution in [2.24, 2.45) is 0 Å². The van der Waals surface area contributed by atoms with Crippen LogP contribution in [0.1, 0.15) is 43.0 Å². The van der Waals surface area contributed by atoms with Crippen molar-refractivity contribution in [1.29, 1.82) is 0 Å². The summed E-state index contributed by atoms with van der Waals surface area (Å²) >= 11 is 0. The Morgan fingerprint density at radius 3 is 3.00 bits per heavy atom. The molecule has 1 aromatic heterocycles. The van der Waals surface area contributed by atoms with Gasteiger partial charge < -0.3 is 15.2 Å². The van der Waals surface area contributed by atoms with Crippen molar-refractivity contribution < 1.29 is 9.84 Å². The SMILES string of the molecule is OCCn1ncc2c1CCCC2NC1CCOCC1. The number of aromatic nitrogens is 2. The number of nitrogens with one attached hydrogen (secondary N) is 1. The molecule has 1 aliphatic carbocycles. The molecular weight excluding hydrogens is 242 g/mol. The quantitative estimate of drug-likeness (QED) is 0.853. The highest BCUT2D eigenvalue weighted by Gasteiger charge is 2.26. The lowest BCUT2D eigenvalue weighted by Crippen LogP contribution is -2.38. The van der Waals surface area contributed by atoms with Crippen LogP contribution in [0, 0.1) is 0 Å². The fraction of sp³-hybridized carbons (Fsp3) is 0.786. The van der Waals surface area contributed by atoms with Crippen molar-refractivity contribution in [3.8, 4) is 0 Å². The predicted octanol–water partition coefficient (Wildman–Crippen LogP) is 1.02. The lowest BCUT2D eigenvalue weighted by Gasteiger charge is -2.31. The van der Waals surface area contributed by atoms with E-state index in [9.17, 15) is 0 Å². The summed E-state index contributed by atoms with van der Waals surface area (Å²) in [5.41, 5.74) is 2.65. The third kappa shape index (κ3) is 2.83. The fourth-order valence-electron chi connectivity index (χ4n) is 3.23. The number of ether oxygens (including phenoxy) is 1. The largest absolute Gasteiger partial charge is 0.394 e. The molecule has 2 aliphatic rings. The molecule has 1 aromatic rings. The molecule has 1 saturated heterocycles. The maximum absolute atomic E-state index is 9.08. The van der Waals surface area contributed by atoms with Crippen LogP contribution in [0.3, 0.4) is 0 Å². The Labute approximate surface area is 113 Å². The molecule has 2 heterocycles. The van der Waals surface area contributed by atoms with Gasteiger partial charge in [-0.05, 0) is 32.1 Å². The molecule has 0 bridgehead atoms. The van der Waals surface area contributed by atoms with E-state index in [0.717, 1.165) is 32.5 Å². The van der Waals surface area contributed by atoms with Crippen molar-refractivity contribution >= 4 is 0 Å². The van der Waals surface area contributed by atoms with Gasteiger partial charge in [-0.3, -0.25) is 4.68 Å². The molecule has 0 saturated carbocycles. The van der Waals surface area contributed by atoms with E-state index in [1.807, 2.05) is 10.9 Å². The standard InChI is InChI=1S/C14H23N3O2/c18-7-6-17-14-3-1-2-13(12(14)10-15-17)16-11-4-8-19-9-5-11/h10-11,13,16,18H,1-9H2. The predicted molar refractivity (Wildman–Crippen MR) is 72.0 cm³/mol. The van der Waals surface area contributed by atoms with Crippen LogP contribution in [0.4, 0.5) is 0 Å². The highest BCUT2D eigenvalue weighted by Crippen LogP contribution is 2.30. The molecule has 0 radical (unpaired) electrons. The first-order valence-electron chi connectivity index (χ1n) is 7.37. The number of aliphatic hydroxyl groups excluding tert-OH is 1. The average molecular weight is 265 g/mol. The van der Waals surface area contributed by atoms with Crippen LogP contribution >= 0.6 is 0 Å². The minimum atomic E-state index is 0.159. The van der Waals surface area contributed by atoms with Gasteiger partial charge in [0.2, 0.25) is 0 Å². The number of aliphatic hydroxyl groups is 1. The fourth-order valence-corrected chi connectivity index (χ4v) is 3.23. The van der Waals surface area contributed by atoms with Crippen molar-refractivity contribution in [1.82, 2.24) is 15.1 Å². The Morgan fingerprint density at radius 1 is 1.37 bits per heavy atom. The normalized spacial score (nSPS) is 24.4. The van der Waals surface area contributed by atoms with Gasteiger partial charge in [-0.2, -0.15) is 5.10 Å². The molecule has 5 heteroatoms. The molecule has 19 heavy (non-hydrogen) atoms. The van der Waals surface area contributed by atoms with Crippen LogP contribution < -0.4 is 5.32 Å². The summed E-state index contributed by atoms with van der Waals surface area (Å²) in [7, 11) is 0. The lowest BCUT2D eigenvalue weighted by atomic mass is 9.91. The smallest absolute Gasteiger partial charge is 0.0644 e. The number of fused-ring (bicyclic) bond motifs is 1. The monoisotopic (exact) mass is 265 g/mol. The van der Waals surface area contributed by atoms with Crippen molar-refractivity contribution in [2.45, 2.75) is 50.7 Å². The van der Waals surface area contributed by atoms with Crippen LogP contribution in [-0.2, 0) is 17.7 Å². The summed E-state index contributed by atoms with van der Waals surface area (Å²) in [4.78, 5) is 0. The average Bonchev–Trinajstić information content (AvgIpc) is 2.85. The van der Waals surface area contributed by atoms with Crippen LogP contribution in [0.2, 0.25) is 0 Å². The highest BCUT2D eigenvalue weighted by atomic mass is 16.5. The number of nitrogens with zero attached hydrogens (tertiary/aromatic N) is 2. The van der Waals surface area contributed by atoms with E-state index in [0.29, 0.717) is 18.6 Å². The Morgan fingerprint density at radius 2 is 2.21 bits per heavy atom. The van der Waals surface area contributed by atoms with Crippen LogP contribution in [0.25, 0.3) is 0 Å². The summed E-state index contributed by atoms with van der Waals surface area (Å²) in [6.45, 7) is 2.52. The second kappa shape index (κ2) is 6.03. The van der Waals surface area contributed by atoms with E-state index in [2.05, 4.69) is 10.4 Å². The molecule has 0 amide bonds. The number of hydrogen-bond acceptors (Lipinski definition) is 4. The zero-order chi connectivity index (χ0) is 13.1. The third-order valence-corrected chi connectivity index (χ3v) is 4.23. The zero-order valence-corrected chi connectivity index (χ0v) is 11.3. The lowest BCUT2D eigenvalue weighted by molar-refractivity contribution is 0.0741. The highest BCUT2D eigenvalue weighted by molar-refractivity contribution is 5.25. The summed E-state index contributed by atoms with van der Waals surface area (Å²) in [5.74, 6) is 0. The van der Waals surface area contributed by atoms with Gasteiger partial charge in [-0.25, -0.2) is 0 Å². The summed E-state index contributed by atoms with van der Waals surface area (Å²) in [5, 5.41) is 17.3. The van der Waals surface area contributed by atoms with Gasteiger partial charge in [0.05, 0.1) is 19.3 Å². The third-order valence-electron chi connectivity index (χ3n) is 4.23. The molecule has 2 N–H and O–H groups in total. The van der Waals surface area contributed by atoms with Gasteiger partial charge in [0, 0.05) is 36.6 Å². The van der Waals surface area contributed by atoms with E-state index < -0.39 is 0 Å². The minimum Gasteiger partial charge on any atom is -0.394 e. The number of hydrogen-bond donors (Lipinski definition) is 2. The van der Waals surface area contributed by atoms with Gasteiger partial charge in [-0.1, -0.05) is 0 Å². The molecule has 1 unspecified atom stereocenters. The van der Waals surface area contributed by atoms with E-state index >= 15 is 0 Å². The summed E-state index contributed by atoms with van der Waals surface area (Å²) in [6, 6.07) is 1.00. The van der Waals surface area contributed by atoms with Crippen molar-refractivity contribution in [3.63, 3.8) is 0 Å². The van der Waals surface area contributed by atoms with Crippen molar-refractivity contribution in [2.75, 3.05) is 19.8 Å². The zero-order valence-electron chi connectivity index (χ0n) is 11.3. The molecule has 0 aromatic carbocycles. The summed E-state index contributed by atoms with van der Waals surface area (Å²) in [6.07, 6.45) is 7.68. The molecule has 1 aliphatic heterocycles. The second-order valence-electron chi connectivity index (χ2n) is 5.49. The first-order valence-corrected chi connectivity index (χ1v) is 7.37. The Bertz CT molecular complexity index is 413. The number of rotatable bonds is 4. The molecule has 0 spiro atoms. The first-order chi connectivity index (χ1) is 9.38. The maximum atomic E-state index is 9.08.